The van der Waals surface area contributed by atoms with E-state index in [0.29, 0.717) is 32.1 Å². The van der Waals surface area contributed by atoms with E-state index in [1.54, 1.807) is 6.92 Å². The van der Waals surface area contributed by atoms with E-state index >= 15 is 0 Å². The molecular formula is C14H21F5O3. The number of aliphatic hydroxyl groups is 1. The van der Waals surface area contributed by atoms with Crippen molar-refractivity contribution in [3.63, 3.8) is 0 Å². The van der Waals surface area contributed by atoms with Gasteiger partial charge in [-0.3, -0.25) is 0 Å². The molecule has 22 heavy (non-hydrogen) atoms. The highest BCUT2D eigenvalue weighted by Crippen LogP contribution is 2.52. The maximum Gasteiger partial charge on any atom is 0.449 e. The second-order valence-electron chi connectivity index (χ2n) is 6.06. The first-order valence-corrected chi connectivity index (χ1v) is 7.63. The van der Waals surface area contributed by atoms with Crippen molar-refractivity contribution >= 4 is 0 Å². The first kappa shape index (κ1) is 17.9. The molecule has 2 fully saturated rings. The molecule has 0 spiro atoms. The van der Waals surface area contributed by atoms with Crippen LogP contribution in [-0.2, 0) is 9.47 Å². The topological polar surface area (TPSA) is 38.7 Å². The zero-order valence-corrected chi connectivity index (χ0v) is 12.3. The minimum Gasteiger partial charge on any atom is -0.354 e. The third-order valence-corrected chi connectivity index (χ3v) is 4.40. The molecule has 130 valence electrons. The van der Waals surface area contributed by atoms with Gasteiger partial charge in [0.1, 0.15) is 6.10 Å². The van der Waals surface area contributed by atoms with E-state index < -0.39 is 36.2 Å². The van der Waals surface area contributed by atoms with Gasteiger partial charge in [-0.1, -0.05) is 32.6 Å². The SMILES string of the molecule is CCCC1OC(C2CCCCC2)C(F)(F)C(O)(C(F)(F)F)O1. The molecule has 1 saturated heterocycles. The van der Waals surface area contributed by atoms with Gasteiger partial charge in [0.2, 0.25) is 0 Å². The van der Waals surface area contributed by atoms with Gasteiger partial charge in [0, 0.05) is 0 Å². The number of halogens is 5. The Morgan fingerprint density at radius 3 is 2.23 bits per heavy atom. The molecule has 0 aromatic heterocycles. The van der Waals surface area contributed by atoms with Gasteiger partial charge >= 0.3 is 17.9 Å². The molecule has 1 aliphatic heterocycles. The van der Waals surface area contributed by atoms with Gasteiger partial charge in [0.25, 0.3) is 0 Å². The molecule has 2 aliphatic rings. The summed E-state index contributed by atoms with van der Waals surface area (Å²) in [5.74, 6) is -9.75. The Labute approximate surface area is 125 Å². The Balaban J connectivity index is 2.33. The van der Waals surface area contributed by atoms with Crippen LogP contribution in [0.2, 0.25) is 0 Å². The highest BCUT2D eigenvalue weighted by atomic mass is 19.4. The molecule has 0 aromatic rings. The van der Waals surface area contributed by atoms with Crippen molar-refractivity contribution in [2.24, 2.45) is 5.92 Å². The van der Waals surface area contributed by atoms with Gasteiger partial charge in [-0.05, 0) is 25.2 Å². The number of hydrogen-bond donors (Lipinski definition) is 1. The first-order chi connectivity index (χ1) is 10.1. The van der Waals surface area contributed by atoms with E-state index in [2.05, 4.69) is 4.74 Å². The summed E-state index contributed by atoms with van der Waals surface area (Å²) in [6.45, 7) is 1.67. The van der Waals surface area contributed by atoms with Crippen molar-refractivity contribution in [3.05, 3.63) is 0 Å². The first-order valence-electron chi connectivity index (χ1n) is 7.63. The zero-order valence-electron chi connectivity index (χ0n) is 12.3. The maximum absolute atomic E-state index is 14.4. The van der Waals surface area contributed by atoms with Crippen molar-refractivity contribution in [1.29, 1.82) is 0 Å². The molecule has 1 saturated carbocycles. The van der Waals surface area contributed by atoms with E-state index in [1.807, 2.05) is 0 Å². The predicted molar refractivity (Wildman–Crippen MR) is 67.2 cm³/mol. The number of ether oxygens (including phenoxy) is 2. The average Bonchev–Trinajstić information content (AvgIpc) is 2.43. The van der Waals surface area contributed by atoms with Crippen molar-refractivity contribution < 1.29 is 36.5 Å². The highest BCUT2D eigenvalue weighted by Gasteiger charge is 2.77. The van der Waals surface area contributed by atoms with Crippen LogP contribution in [0.3, 0.4) is 0 Å². The van der Waals surface area contributed by atoms with Crippen LogP contribution < -0.4 is 0 Å². The largest absolute Gasteiger partial charge is 0.449 e. The fourth-order valence-electron chi connectivity index (χ4n) is 3.20. The van der Waals surface area contributed by atoms with E-state index in [-0.39, 0.29) is 6.42 Å². The molecule has 0 amide bonds. The van der Waals surface area contributed by atoms with Crippen LogP contribution in [0.15, 0.2) is 0 Å². The molecule has 1 heterocycles. The molecular weight excluding hydrogens is 311 g/mol. The predicted octanol–water partition coefficient (Wildman–Crippen LogP) is 3.99. The fourth-order valence-corrected chi connectivity index (χ4v) is 3.20. The monoisotopic (exact) mass is 332 g/mol. The Kier molecular flexibility index (Phi) is 5.04. The highest BCUT2D eigenvalue weighted by molar-refractivity contribution is 5.02. The summed E-state index contributed by atoms with van der Waals surface area (Å²) >= 11 is 0. The van der Waals surface area contributed by atoms with Crippen LogP contribution in [0.5, 0.6) is 0 Å². The van der Waals surface area contributed by atoms with Gasteiger partial charge < -0.3 is 14.6 Å². The number of alkyl halides is 5. The van der Waals surface area contributed by atoms with Gasteiger partial charge in [-0.25, -0.2) is 0 Å². The van der Waals surface area contributed by atoms with Crippen LogP contribution in [0.4, 0.5) is 22.0 Å². The summed E-state index contributed by atoms with van der Waals surface area (Å²) in [6.07, 6.45) is -5.71. The third-order valence-electron chi connectivity index (χ3n) is 4.40. The summed E-state index contributed by atoms with van der Waals surface area (Å²) in [5, 5.41) is 9.66. The lowest BCUT2D eigenvalue weighted by molar-refractivity contribution is -0.507. The molecule has 8 heteroatoms. The molecule has 0 bridgehead atoms. The van der Waals surface area contributed by atoms with Crippen molar-refractivity contribution in [1.82, 2.24) is 0 Å². The normalized spacial score (nSPS) is 37.2. The lowest BCUT2D eigenvalue weighted by atomic mass is 9.80. The van der Waals surface area contributed by atoms with Crippen LogP contribution in [0.25, 0.3) is 0 Å². The average molecular weight is 332 g/mol. The van der Waals surface area contributed by atoms with Crippen molar-refractivity contribution in [3.8, 4) is 0 Å². The summed E-state index contributed by atoms with van der Waals surface area (Å²) in [7, 11) is 0. The second-order valence-corrected chi connectivity index (χ2v) is 6.06. The zero-order chi connectivity index (χ0) is 16.6. The Morgan fingerprint density at radius 2 is 1.73 bits per heavy atom. The number of hydrogen-bond acceptors (Lipinski definition) is 3. The minimum atomic E-state index is -5.60. The molecule has 1 N–H and O–H groups in total. The molecule has 3 atom stereocenters. The van der Waals surface area contributed by atoms with E-state index in [1.165, 1.54) is 0 Å². The summed E-state index contributed by atoms with van der Waals surface area (Å²) in [4.78, 5) is 0. The van der Waals surface area contributed by atoms with Gasteiger partial charge in [0.05, 0.1) is 0 Å². The maximum atomic E-state index is 14.4. The molecule has 1 aliphatic carbocycles. The van der Waals surface area contributed by atoms with Gasteiger partial charge in [-0.2, -0.15) is 22.0 Å². The van der Waals surface area contributed by atoms with Crippen molar-refractivity contribution in [2.75, 3.05) is 0 Å². The Bertz CT molecular complexity index is 381. The van der Waals surface area contributed by atoms with Crippen LogP contribution >= 0.6 is 0 Å². The summed E-state index contributed by atoms with van der Waals surface area (Å²) in [5.41, 5.74) is 0. The van der Waals surface area contributed by atoms with E-state index in [9.17, 15) is 27.1 Å². The van der Waals surface area contributed by atoms with Crippen LogP contribution in [-0.4, -0.2) is 35.4 Å². The van der Waals surface area contributed by atoms with Gasteiger partial charge in [0.15, 0.2) is 6.29 Å². The molecule has 0 radical (unpaired) electrons. The quantitative estimate of drug-likeness (QED) is 0.794. The summed E-state index contributed by atoms with van der Waals surface area (Å²) in [6, 6.07) is 0. The molecule has 3 unspecified atom stereocenters. The molecule has 0 aromatic carbocycles. The van der Waals surface area contributed by atoms with Gasteiger partial charge in [-0.15, -0.1) is 0 Å². The third kappa shape index (κ3) is 2.97. The smallest absolute Gasteiger partial charge is 0.354 e. The van der Waals surface area contributed by atoms with E-state index in [4.69, 9.17) is 4.74 Å². The second kappa shape index (κ2) is 6.20. The lowest BCUT2D eigenvalue weighted by Crippen LogP contribution is -2.71. The fraction of sp³-hybridized carbons (Fsp3) is 1.00. The Morgan fingerprint density at radius 1 is 1.14 bits per heavy atom. The standard InChI is InChI=1S/C14H21F5O3/c1-2-6-10-21-11(9-7-4-3-5-8-9)12(15,16)13(20,22-10)14(17,18)19/h9-11,20H,2-8H2,1H3. The van der Waals surface area contributed by atoms with Crippen LogP contribution in [0.1, 0.15) is 51.9 Å². The lowest BCUT2D eigenvalue weighted by Gasteiger charge is -2.49. The van der Waals surface area contributed by atoms with E-state index in [0.717, 1.165) is 6.42 Å². The Hall–Kier alpha value is -0.470. The molecule has 3 nitrogen and oxygen atoms in total. The molecule has 2 rings (SSSR count). The number of rotatable bonds is 3. The van der Waals surface area contributed by atoms with Crippen LogP contribution in [0, 0.1) is 5.92 Å². The summed E-state index contributed by atoms with van der Waals surface area (Å²) < 4.78 is 77.4. The van der Waals surface area contributed by atoms with Crippen molar-refractivity contribution in [2.45, 2.75) is 82.1 Å². The minimum absolute atomic E-state index is 0.0116.